The third-order valence-corrected chi connectivity index (χ3v) is 2.65. The minimum atomic E-state index is -1.19. The van der Waals surface area contributed by atoms with Crippen molar-refractivity contribution >= 4 is 23.6 Å². The number of halogens is 1. The van der Waals surface area contributed by atoms with E-state index in [-0.39, 0.29) is 11.1 Å². The maximum absolute atomic E-state index is 13.5. The quantitative estimate of drug-likeness (QED) is 0.844. The van der Waals surface area contributed by atoms with E-state index in [9.17, 15) is 14.0 Å². The van der Waals surface area contributed by atoms with Gasteiger partial charge in [-0.2, -0.15) is 0 Å². The first-order valence-electron chi connectivity index (χ1n) is 5.90. The molecule has 0 spiro atoms. The van der Waals surface area contributed by atoms with Crippen LogP contribution in [-0.2, 0) is 4.79 Å². The molecule has 1 aromatic heterocycles. The maximum atomic E-state index is 13.5. The lowest BCUT2D eigenvalue weighted by Crippen LogP contribution is -2.12. The van der Waals surface area contributed by atoms with Gasteiger partial charge >= 0.3 is 5.97 Å². The van der Waals surface area contributed by atoms with Crippen molar-refractivity contribution in [2.24, 2.45) is 0 Å². The number of amides is 1. The van der Waals surface area contributed by atoms with Gasteiger partial charge in [-0.1, -0.05) is 5.16 Å². The van der Waals surface area contributed by atoms with E-state index in [1.807, 2.05) is 0 Å². The number of benzene rings is 1. The Hall–Kier alpha value is -2.96. The molecule has 1 aromatic carbocycles. The number of nitrogens with zero attached hydrogens (tertiary/aromatic N) is 1. The molecule has 1 heterocycles. The minimum absolute atomic E-state index is 0.0530. The first kappa shape index (κ1) is 14.4. The van der Waals surface area contributed by atoms with Gasteiger partial charge in [-0.25, -0.2) is 9.18 Å². The smallest absolute Gasteiger partial charge is 0.328 e. The Balaban J connectivity index is 2.21. The number of aromatic nitrogens is 1. The van der Waals surface area contributed by atoms with Crippen LogP contribution in [0.4, 0.5) is 10.1 Å². The second kappa shape index (κ2) is 6.00. The number of nitrogens with one attached hydrogen (secondary N) is 1. The zero-order valence-corrected chi connectivity index (χ0v) is 11.0. The third-order valence-electron chi connectivity index (χ3n) is 2.65. The highest BCUT2D eigenvalue weighted by atomic mass is 19.1. The van der Waals surface area contributed by atoms with E-state index in [2.05, 4.69) is 10.5 Å². The monoisotopic (exact) mass is 290 g/mol. The fraction of sp³-hybridized carbons (Fsp3) is 0.0714. The summed E-state index contributed by atoms with van der Waals surface area (Å²) in [7, 11) is 0. The van der Waals surface area contributed by atoms with Gasteiger partial charge in [-0.05, 0) is 31.2 Å². The number of anilines is 1. The summed E-state index contributed by atoms with van der Waals surface area (Å²) in [6.07, 6.45) is 3.20. The molecule has 2 aromatic rings. The fourth-order valence-electron chi connectivity index (χ4n) is 1.63. The van der Waals surface area contributed by atoms with Crippen molar-refractivity contribution in [3.05, 3.63) is 53.2 Å². The molecule has 108 valence electrons. The summed E-state index contributed by atoms with van der Waals surface area (Å²) in [6, 6.07) is 3.83. The molecule has 0 saturated carbocycles. The Morgan fingerprint density at radius 1 is 1.43 bits per heavy atom. The Morgan fingerprint density at radius 2 is 2.19 bits per heavy atom. The molecule has 0 radical (unpaired) electrons. The number of hydrogen-bond acceptors (Lipinski definition) is 4. The maximum Gasteiger partial charge on any atom is 0.328 e. The zero-order chi connectivity index (χ0) is 15.4. The van der Waals surface area contributed by atoms with Gasteiger partial charge in [0.15, 0.2) is 0 Å². The average molecular weight is 290 g/mol. The number of carboxylic acids is 1. The van der Waals surface area contributed by atoms with Crippen LogP contribution in [0.5, 0.6) is 0 Å². The number of aryl methyl sites for hydroxylation is 1. The summed E-state index contributed by atoms with van der Waals surface area (Å²) in [5, 5.41) is 14.6. The van der Waals surface area contributed by atoms with Gasteiger partial charge in [0.2, 0.25) is 0 Å². The molecule has 1 amide bonds. The van der Waals surface area contributed by atoms with E-state index in [1.54, 1.807) is 6.92 Å². The van der Waals surface area contributed by atoms with E-state index in [1.165, 1.54) is 18.3 Å². The molecule has 0 saturated heterocycles. The third kappa shape index (κ3) is 3.53. The summed E-state index contributed by atoms with van der Waals surface area (Å²) >= 11 is 0. The molecule has 2 N–H and O–H groups in total. The van der Waals surface area contributed by atoms with E-state index in [0.717, 1.165) is 18.2 Å². The standard InChI is InChI=1S/C14H11FN2O4/c1-8-11(7-16-21-8)14(20)17-10-3-4-12(15)9(6-10)2-5-13(18)19/h2-7H,1H3,(H,17,20)(H,18,19)/b5-2+. The normalized spacial score (nSPS) is 10.8. The van der Waals surface area contributed by atoms with Gasteiger partial charge in [-0.3, -0.25) is 4.79 Å². The summed E-state index contributed by atoms with van der Waals surface area (Å²) < 4.78 is 18.3. The van der Waals surface area contributed by atoms with Crippen LogP contribution in [0.2, 0.25) is 0 Å². The van der Waals surface area contributed by atoms with E-state index >= 15 is 0 Å². The molecule has 7 heteroatoms. The van der Waals surface area contributed by atoms with Gasteiger partial charge in [0.1, 0.15) is 17.1 Å². The lowest BCUT2D eigenvalue weighted by atomic mass is 10.1. The summed E-state index contributed by atoms with van der Waals surface area (Å²) in [4.78, 5) is 22.4. The molecule has 0 fully saturated rings. The van der Waals surface area contributed by atoms with Crippen molar-refractivity contribution in [2.75, 3.05) is 5.32 Å². The van der Waals surface area contributed by atoms with E-state index in [4.69, 9.17) is 9.63 Å². The predicted molar refractivity (Wildman–Crippen MR) is 72.3 cm³/mol. The summed E-state index contributed by atoms with van der Waals surface area (Å²) in [5.74, 6) is -1.87. The van der Waals surface area contributed by atoms with Crippen LogP contribution in [0.15, 0.2) is 35.0 Å². The van der Waals surface area contributed by atoms with Crippen LogP contribution in [0, 0.1) is 12.7 Å². The molecule has 0 atom stereocenters. The lowest BCUT2D eigenvalue weighted by molar-refractivity contribution is -0.131. The molecular weight excluding hydrogens is 279 g/mol. The van der Waals surface area contributed by atoms with E-state index < -0.39 is 17.7 Å². The second-order valence-electron chi connectivity index (χ2n) is 4.16. The van der Waals surface area contributed by atoms with Crippen molar-refractivity contribution in [1.29, 1.82) is 0 Å². The predicted octanol–water partition coefficient (Wildman–Crippen LogP) is 2.47. The van der Waals surface area contributed by atoms with Crippen molar-refractivity contribution in [3.63, 3.8) is 0 Å². The van der Waals surface area contributed by atoms with Gasteiger partial charge in [0, 0.05) is 17.3 Å². The largest absolute Gasteiger partial charge is 0.478 e. The first-order valence-corrected chi connectivity index (χ1v) is 5.90. The molecular formula is C14H11FN2O4. The summed E-state index contributed by atoms with van der Waals surface area (Å²) in [5.41, 5.74) is 0.645. The van der Waals surface area contributed by atoms with Gasteiger partial charge in [-0.15, -0.1) is 0 Å². The van der Waals surface area contributed by atoms with Crippen LogP contribution in [-0.4, -0.2) is 22.1 Å². The number of aliphatic carboxylic acids is 1. The minimum Gasteiger partial charge on any atom is -0.478 e. The van der Waals surface area contributed by atoms with Crippen LogP contribution >= 0.6 is 0 Å². The number of carbonyl (C=O) groups excluding carboxylic acids is 1. The van der Waals surface area contributed by atoms with Crippen molar-refractivity contribution < 1.29 is 23.6 Å². The van der Waals surface area contributed by atoms with E-state index in [0.29, 0.717) is 11.4 Å². The topological polar surface area (TPSA) is 92.4 Å². The molecule has 0 aliphatic heterocycles. The average Bonchev–Trinajstić information content (AvgIpc) is 2.85. The highest BCUT2D eigenvalue weighted by molar-refractivity contribution is 6.04. The Labute approximate surface area is 118 Å². The van der Waals surface area contributed by atoms with Gasteiger partial charge < -0.3 is 14.9 Å². The van der Waals surface area contributed by atoms with Crippen LogP contribution in [0.3, 0.4) is 0 Å². The van der Waals surface area contributed by atoms with Crippen LogP contribution in [0.25, 0.3) is 6.08 Å². The first-order chi connectivity index (χ1) is 9.97. The van der Waals surface area contributed by atoms with Gasteiger partial charge in [0.25, 0.3) is 5.91 Å². The Kier molecular flexibility index (Phi) is 4.13. The number of carboxylic acid groups (broad SMARTS) is 1. The molecule has 0 aliphatic carbocycles. The van der Waals surface area contributed by atoms with Gasteiger partial charge in [0.05, 0.1) is 6.20 Å². The lowest BCUT2D eigenvalue weighted by Gasteiger charge is -2.05. The highest BCUT2D eigenvalue weighted by Gasteiger charge is 2.13. The molecule has 6 nitrogen and oxygen atoms in total. The molecule has 2 rings (SSSR count). The fourth-order valence-corrected chi connectivity index (χ4v) is 1.63. The number of hydrogen-bond donors (Lipinski definition) is 2. The molecule has 0 aliphatic rings. The van der Waals surface area contributed by atoms with Crippen molar-refractivity contribution in [2.45, 2.75) is 6.92 Å². The zero-order valence-electron chi connectivity index (χ0n) is 11.0. The van der Waals surface area contributed by atoms with Crippen LogP contribution in [0.1, 0.15) is 21.7 Å². The number of rotatable bonds is 4. The second-order valence-corrected chi connectivity index (χ2v) is 4.16. The van der Waals surface area contributed by atoms with Crippen molar-refractivity contribution in [1.82, 2.24) is 5.16 Å². The number of carbonyl (C=O) groups is 2. The molecule has 0 unspecified atom stereocenters. The summed E-state index contributed by atoms with van der Waals surface area (Å²) in [6.45, 7) is 1.59. The Bertz CT molecular complexity index is 722. The Morgan fingerprint density at radius 3 is 2.81 bits per heavy atom. The van der Waals surface area contributed by atoms with Crippen molar-refractivity contribution in [3.8, 4) is 0 Å². The SMILES string of the molecule is Cc1oncc1C(=O)Nc1ccc(F)c(/C=C/C(=O)O)c1. The molecule has 0 bridgehead atoms. The van der Waals surface area contributed by atoms with Crippen LogP contribution < -0.4 is 5.32 Å². The molecule has 21 heavy (non-hydrogen) atoms. The highest BCUT2D eigenvalue weighted by Crippen LogP contribution is 2.18.